The third-order valence-electron chi connectivity index (χ3n) is 2.32. The van der Waals surface area contributed by atoms with Crippen molar-refractivity contribution >= 4 is 5.91 Å². The number of nitrogens with one attached hydrogen (secondary N) is 1. The maximum Gasteiger partial charge on any atom is 0.228 e. The highest BCUT2D eigenvalue weighted by molar-refractivity contribution is 5.82. The molecule has 1 unspecified atom stereocenters. The van der Waals surface area contributed by atoms with Gasteiger partial charge in [0, 0.05) is 19.6 Å². The Morgan fingerprint density at radius 1 is 1.77 bits per heavy atom. The Morgan fingerprint density at radius 3 is 3.08 bits per heavy atom. The Labute approximate surface area is 78.8 Å². The number of hydrogen-bond donors (Lipinski definition) is 1. The van der Waals surface area contributed by atoms with Gasteiger partial charge < -0.3 is 10.1 Å². The first-order valence-electron chi connectivity index (χ1n) is 4.48. The predicted molar refractivity (Wildman–Crippen MR) is 50.0 cm³/mol. The third kappa shape index (κ3) is 2.46. The van der Waals surface area contributed by atoms with Crippen LogP contribution in [0.25, 0.3) is 0 Å². The number of terminal acetylenes is 1. The van der Waals surface area contributed by atoms with Gasteiger partial charge in [0.05, 0.1) is 12.0 Å². The van der Waals surface area contributed by atoms with Crippen LogP contribution in [0.4, 0.5) is 0 Å². The molecule has 1 N–H and O–H groups in total. The first kappa shape index (κ1) is 10.1. The zero-order valence-electron chi connectivity index (χ0n) is 7.93. The highest BCUT2D eigenvalue weighted by atomic mass is 16.5. The van der Waals surface area contributed by atoms with Crippen molar-refractivity contribution < 1.29 is 9.53 Å². The van der Waals surface area contributed by atoms with Crippen LogP contribution in [0.3, 0.4) is 0 Å². The molecular formula is C10H15NO2. The van der Waals surface area contributed by atoms with E-state index in [4.69, 9.17) is 11.2 Å². The van der Waals surface area contributed by atoms with E-state index < -0.39 is 0 Å². The molecule has 0 aliphatic carbocycles. The van der Waals surface area contributed by atoms with Crippen molar-refractivity contribution in [3.8, 4) is 12.3 Å². The molecule has 0 aromatic rings. The first-order chi connectivity index (χ1) is 6.19. The molecule has 13 heavy (non-hydrogen) atoms. The molecule has 1 rings (SSSR count). The molecule has 72 valence electrons. The minimum atomic E-state index is -0.339. The SMILES string of the molecule is C#CCCNC(=O)C1(C)CCOC1. The minimum absolute atomic E-state index is 0.0558. The molecule has 1 saturated heterocycles. The maximum absolute atomic E-state index is 11.6. The van der Waals surface area contributed by atoms with Gasteiger partial charge in [0.1, 0.15) is 0 Å². The largest absolute Gasteiger partial charge is 0.380 e. The van der Waals surface area contributed by atoms with E-state index in [1.165, 1.54) is 0 Å². The van der Waals surface area contributed by atoms with E-state index in [-0.39, 0.29) is 11.3 Å². The molecule has 1 aliphatic rings. The van der Waals surface area contributed by atoms with Gasteiger partial charge in [-0.1, -0.05) is 0 Å². The summed E-state index contributed by atoms with van der Waals surface area (Å²) in [5, 5.41) is 2.80. The summed E-state index contributed by atoms with van der Waals surface area (Å²) in [7, 11) is 0. The fraction of sp³-hybridized carbons (Fsp3) is 0.700. The molecule has 0 aromatic carbocycles. The molecule has 1 heterocycles. The lowest BCUT2D eigenvalue weighted by atomic mass is 9.89. The van der Waals surface area contributed by atoms with Gasteiger partial charge in [-0.15, -0.1) is 12.3 Å². The number of carbonyl (C=O) groups is 1. The molecule has 0 aromatic heterocycles. The summed E-state index contributed by atoms with van der Waals surface area (Å²) in [4.78, 5) is 11.6. The average molecular weight is 181 g/mol. The number of rotatable bonds is 3. The predicted octanol–water partition coefficient (Wildman–Crippen LogP) is 0.552. The van der Waals surface area contributed by atoms with Crippen LogP contribution in [-0.4, -0.2) is 25.7 Å². The van der Waals surface area contributed by atoms with E-state index >= 15 is 0 Å². The smallest absolute Gasteiger partial charge is 0.228 e. The lowest BCUT2D eigenvalue weighted by molar-refractivity contribution is -0.130. The van der Waals surface area contributed by atoms with Gasteiger partial charge in [0.15, 0.2) is 0 Å². The van der Waals surface area contributed by atoms with Crippen LogP contribution >= 0.6 is 0 Å². The highest BCUT2D eigenvalue weighted by Gasteiger charge is 2.36. The van der Waals surface area contributed by atoms with E-state index in [1.54, 1.807) is 0 Å². The summed E-state index contributed by atoms with van der Waals surface area (Å²) in [5.41, 5.74) is -0.339. The van der Waals surface area contributed by atoms with E-state index in [1.807, 2.05) is 6.92 Å². The van der Waals surface area contributed by atoms with E-state index in [2.05, 4.69) is 11.2 Å². The topological polar surface area (TPSA) is 38.3 Å². The van der Waals surface area contributed by atoms with Gasteiger partial charge >= 0.3 is 0 Å². The van der Waals surface area contributed by atoms with Crippen LogP contribution < -0.4 is 5.32 Å². The lowest BCUT2D eigenvalue weighted by Crippen LogP contribution is -2.39. The molecule has 1 fully saturated rings. The maximum atomic E-state index is 11.6. The summed E-state index contributed by atoms with van der Waals surface area (Å²) in [6.45, 7) is 3.68. The summed E-state index contributed by atoms with van der Waals surface area (Å²) in [6.07, 6.45) is 6.46. The molecule has 3 heteroatoms. The summed E-state index contributed by atoms with van der Waals surface area (Å²) >= 11 is 0. The Hall–Kier alpha value is -1.01. The van der Waals surface area contributed by atoms with Gasteiger partial charge in [-0.05, 0) is 13.3 Å². The molecule has 1 atom stereocenters. The van der Waals surface area contributed by atoms with Crippen LogP contribution in [-0.2, 0) is 9.53 Å². The standard InChI is InChI=1S/C10H15NO2/c1-3-4-6-11-9(12)10(2)5-7-13-8-10/h1H,4-8H2,2H3,(H,11,12). The van der Waals surface area contributed by atoms with Crippen LogP contribution in [0.1, 0.15) is 19.8 Å². The number of ether oxygens (including phenoxy) is 1. The molecule has 0 spiro atoms. The van der Waals surface area contributed by atoms with Crippen LogP contribution in [0, 0.1) is 17.8 Å². The Bertz CT molecular complexity index is 224. The molecular weight excluding hydrogens is 166 g/mol. The van der Waals surface area contributed by atoms with Crippen molar-refractivity contribution in [1.29, 1.82) is 0 Å². The van der Waals surface area contributed by atoms with Gasteiger partial charge in [0.25, 0.3) is 0 Å². The Balaban J connectivity index is 2.34. The fourth-order valence-corrected chi connectivity index (χ4v) is 1.31. The van der Waals surface area contributed by atoms with Crippen molar-refractivity contribution in [2.24, 2.45) is 5.41 Å². The molecule has 0 bridgehead atoms. The molecule has 1 amide bonds. The van der Waals surface area contributed by atoms with E-state index in [0.29, 0.717) is 26.2 Å². The number of amides is 1. The zero-order valence-corrected chi connectivity index (χ0v) is 7.93. The summed E-state index contributed by atoms with van der Waals surface area (Å²) in [6, 6.07) is 0. The zero-order chi connectivity index (χ0) is 9.73. The molecule has 0 saturated carbocycles. The molecule has 0 radical (unpaired) electrons. The van der Waals surface area contributed by atoms with Gasteiger partial charge in [-0.25, -0.2) is 0 Å². The second-order valence-electron chi connectivity index (χ2n) is 3.57. The van der Waals surface area contributed by atoms with Crippen molar-refractivity contribution in [3.05, 3.63) is 0 Å². The van der Waals surface area contributed by atoms with Crippen molar-refractivity contribution in [1.82, 2.24) is 5.32 Å². The third-order valence-corrected chi connectivity index (χ3v) is 2.32. The Kier molecular flexibility index (Phi) is 3.32. The molecule has 1 aliphatic heterocycles. The summed E-state index contributed by atoms with van der Waals surface area (Å²) in [5.74, 6) is 2.54. The second kappa shape index (κ2) is 4.29. The van der Waals surface area contributed by atoms with Gasteiger partial charge in [0.2, 0.25) is 5.91 Å². The highest BCUT2D eigenvalue weighted by Crippen LogP contribution is 2.27. The van der Waals surface area contributed by atoms with E-state index in [9.17, 15) is 4.79 Å². The van der Waals surface area contributed by atoms with Crippen molar-refractivity contribution in [2.75, 3.05) is 19.8 Å². The number of hydrogen-bond acceptors (Lipinski definition) is 2. The first-order valence-corrected chi connectivity index (χ1v) is 4.48. The van der Waals surface area contributed by atoms with Crippen molar-refractivity contribution in [3.63, 3.8) is 0 Å². The Morgan fingerprint density at radius 2 is 2.54 bits per heavy atom. The quantitative estimate of drug-likeness (QED) is 0.510. The normalized spacial score (nSPS) is 26.8. The monoisotopic (exact) mass is 181 g/mol. The van der Waals surface area contributed by atoms with Crippen LogP contribution in [0.15, 0.2) is 0 Å². The van der Waals surface area contributed by atoms with Crippen LogP contribution in [0.5, 0.6) is 0 Å². The second-order valence-corrected chi connectivity index (χ2v) is 3.57. The van der Waals surface area contributed by atoms with Crippen LogP contribution in [0.2, 0.25) is 0 Å². The van der Waals surface area contributed by atoms with E-state index in [0.717, 1.165) is 6.42 Å². The fourth-order valence-electron chi connectivity index (χ4n) is 1.31. The number of carbonyl (C=O) groups excluding carboxylic acids is 1. The lowest BCUT2D eigenvalue weighted by Gasteiger charge is -2.19. The minimum Gasteiger partial charge on any atom is -0.380 e. The van der Waals surface area contributed by atoms with Gasteiger partial charge in [-0.2, -0.15) is 0 Å². The van der Waals surface area contributed by atoms with Gasteiger partial charge in [-0.3, -0.25) is 4.79 Å². The average Bonchev–Trinajstić information content (AvgIpc) is 2.54. The van der Waals surface area contributed by atoms with Crippen molar-refractivity contribution in [2.45, 2.75) is 19.8 Å². The molecule has 3 nitrogen and oxygen atoms in total. The summed E-state index contributed by atoms with van der Waals surface area (Å²) < 4.78 is 5.19.